The maximum Gasteiger partial charge on any atom is 0.161 e. The van der Waals surface area contributed by atoms with Crippen LogP contribution in [0.15, 0.2) is 48.5 Å². The molecule has 0 amide bonds. The van der Waals surface area contributed by atoms with Crippen LogP contribution < -0.4 is 14.2 Å². The summed E-state index contributed by atoms with van der Waals surface area (Å²) in [5, 5.41) is 0. The van der Waals surface area contributed by atoms with Crippen molar-refractivity contribution in [2.24, 2.45) is 0 Å². The number of para-hydroxylation sites is 2. The van der Waals surface area contributed by atoms with E-state index in [0.717, 1.165) is 30.1 Å². The molecular weight excluding hydrogens is 276 g/mol. The minimum absolute atomic E-state index is 0.644. The maximum absolute atomic E-state index is 5.78. The van der Waals surface area contributed by atoms with Gasteiger partial charge in [-0.15, -0.1) is 0 Å². The zero-order valence-corrected chi connectivity index (χ0v) is 13.4. The highest BCUT2D eigenvalue weighted by molar-refractivity contribution is 5.39. The summed E-state index contributed by atoms with van der Waals surface area (Å²) in [7, 11) is 0. The Morgan fingerprint density at radius 2 is 1.45 bits per heavy atom. The molecule has 0 aromatic heterocycles. The van der Waals surface area contributed by atoms with Gasteiger partial charge in [-0.25, -0.2) is 0 Å². The van der Waals surface area contributed by atoms with E-state index in [9.17, 15) is 0 Å². The fraction of sp³-hybridized carbons (Fsp3) is 0.368. The second-order valence-electron chi connectivity index (χ2n) is 5.10. The maximum atomic E-state index is 5.78. The van der Waals surface area contributed by atoms with Gasteiger partial charge in [0.15, 0.2) is 11.5 Å². The fourth-order valence-corrected chi connectivity index (χ4v) is 2.13. The van der Waals surface area contributed by atoms with Crippen molar-refractivity contribution in [3.8, 4) is 17.2 Å². The van der Waals surface area contributed by atoms with E-state index in [1.54, 1.807) is 0 Å². The summed E-state index contributed by atoms with van der Waals surface area (Å²) in [4.78, 5) is 0. The van der Waals surface area contributed by atoms with E-state index in [1.807, 2.05) is 43.3 Å². The van der Waals surface area contributed by atoms with Crippen LogP contribution >= 0.6 is 0 Å². The Kier molecular flexibility index (Phi) is 6.62. The average molecular weight is 300 g/mol. The first kappa shape index (κ1) is 16.2. The number of aryl methyl sites for hydroxylation is 1. The van der Waals surface area contributed by atoms with Crippen molar-refractivity contribution >= 4 is 0 Å². The van der Waals surface area contributed by atoms with Crippen molar-refractivity contribution in [1.29, 1.82) is 0 Å². The predicted octanol–water partition coefficient (Wildman–Crippen LogP) is 4.63. The van der Waals surface area contributed by atoms with Gasteiger partial charge in [-0.2, -0.15) is 0 Å². The first-order chi connectivity index (χ1) is 10.8. The number of rotatable bonds is 9. The van der Waals surface area contributed by atoms with Gasteiger partial charge in [-0.05, 0) is 56.5 Å². The van der Waals surface area contributed by atoms with Crippen molar-refractivity contribution in [2.75, 3.05) is 19.8 Å². The lowest BCUT2D eigenvalue weighted by Gasteiger charge is -2.11. The lowest BCUT2D eigenvalue weighted by atomic mass is 10.2. The highest BCUT2D eigenvalue weighted by Crippen LogP contribution is 2.26. The standard InChI is InChI=1S/C19H24O3/c1-3-20-18-11-4-5-12-19(18)22-14-7-6-13-21-17-10-8-9-16(2)15-17/h4-5,8-12,15H,3,6-7,13-14H2,1-2H3. The summed E-state index contributed by atoms with van der Waals surface area (Å²) >= 11 is 0. The lowest BCUT2D eigenvalue weighted by molar-refractivity contribution is 0.252. The number of ether oxygens (including phenoxy) is 3. The smallest absolute Gasteiger partial charge is 0.161 e. The van der Waals surface area contributed by atoms with E-state index in [4.69, 9.17) is 14.2 Å². The molecule has 0 unspecified atom stereocenters. The molecule has 0 atom stereocenters. The Balaban J connectivity index is 1.65. The van der Waals surface area contributed by atoms with Gasteiger partial charge in [0.2, 0.25) is 0 Å². The summed E-state index contributed by atoms with van der Waals surface area (Å²) in [5.74, 6) is 2.55. The predicted molar refractivity (Wildman–Crippen MR) is 89.0 cm³/mol. The summed E-state index contributed by atoms with van der Waals surface area (Å²) in [6, 6.07) is 15.9. The topological polar surface area (TPSA) is 27.7 Å². The lowest BCUT2D eigenvalue weighted by Crippen LogP contribution is -2.04. The van der Waals surface area contributed by atoms with Crippen LogP contribution in [-0.4, -0.2) is 19.8 Å². The molecule has 0 saturated carbocycles. The molecule has 0 fully saturated rings. The molecule has 0 bridgehead atoms. The molecule has 3 nitrogen and oxygen atoms in total. The normalized spacial score (nSPS) is 10.3. The van der Waals surface area contributed by atoms with Gasteiger partial charge >= 0.3 is 0 Å². The molecule has 3 heteroatoms. The van der Waals surface area contributed by atoms with Crippen LogP contribution in [0.1, 0.15) is 25.3 Å². The highest BCUT2D eigenvalue weighted by Gasteiger charge is 2.03. The van der Waals surface area contributed by atoms with E-state index in [0.29, 0.717) is 19.8 Å². The van der Waals surface area contributed by atoms with Crippen molar-refractivity contribution in [3.63, 3.8) is 0 Å². The van der Waals surface area contributed by atoms with E-state index in [1.165, 1.54) is 5.56 Å². The number of unbranched alkanes of at least 4 members (excludes halogenated alkanes) is 1. The zero-order valence-electron chi connectivity index (χ0n) is 13.4. The minimum Gasteiger partial charge on any atom is -0.494 e. The van der Waals surface area contributed by atoms with Crippen LogP contribution in [0.25, 0.3) is 0 Å². The van der Waals surface area contributed by atoms with Gasteiger partial charge < -0.3 is 14.2 Å². The van der Waals surface area contributed by atoms with Crippen molar-refractivity contribution in [1.82, 2.24) is 0 Å². The quantitative estimate of drug-likeness (QED) is 0.632. The number of hydrogen-bond acceptors (Lipinski definition) is 3. The van der Waals surface area contributed by atoms with E-state index in [2.05, 4.69) is 19.1 Å². The van der Waals surface area contributed by atoms with Crippen LogP contribution in [-0.2, 0) is 0 Å². The molecule has 0 spiro atoms. The molecule has 22 heavy (non-hydrogen) atoms. The summed E-state index contributed by atoms with van der Waals surface area (Å²) in [6.07, 6.45) is 1.91. The molecule has 2 aromatic rings. The molecule has 2 aromatic carbocycles. The van der Waals surface area contributed by atoms with Gasteiger partial charge in [0.05, 0.1) is 19.8 Å². The van der Waals surface area contributed by atoms with Crippen molar-refractivity contribution in [2.45, 2.75) is 26.7 Å². The monoisotopic (exact) mass is 300 g/mol. The molecule has 0 N–H and O–H groups in total. The van der Waals surface area contributed by atoms with Gasteiger partial charge in [-0.1, -0.05) is 24.3 Å². The van der Waals surface area contributed by atoms with E-state index < -0.39 is 0 Å². The SMILES string of the molecule is CCOc1ccccc1OCCCCOc1cccc(C)c1. The van der Waals surface area contributed by atoms with Crippen LogP contribution in [0.4, 0.5) is 0 Å². The second-order valence-corrected chi connectivity index (χ2v) is 5.10. The molecule has 2 rings (SSSR count). The average Bonchev–Trinajstić information content (AvgIpc) is 2.52. The molecular formula is C19H24O3. The Hall–Kier alpha value is -2.16. The van der Waals surface area contributed by atoms with Crippen LogP contribution in [0.2, 0.25) is 0 Å². The van der Waals surface area contributed by atoms with Gasteiger partial charge in [0.25, 0.3) is 0 Å². The first-order valence-corrected chi connectivity index (χ1v) is 7.83. The Labute approximate surface area is 132 Å². The Bertz CT molecular complexity index is 566. The third kappa shape index (κ3) is 5.32. The largest absolute Gasteiger partial charge is 0.494 e. The molecule has 0 radical (unpaired) electrons. The molecule has 0 aliphatic carbocycles. The summed E-state index contributed by atoms with van der Waals surface area (Å²) < 4.78 is 17.0. The number of benzene rings is 2. The number of hydrogen-bond donors (Lipinski definition) is 0. The van der Waals surface area contributed by atoms with Crippen LogP contribution in [0, 0.1) is 6.92 Å². The molecule has 0 saturated heterocycles. The summed E-state index contributed by atoms with van der Waals surface area (Å²) in [5.41, 5.74) is 1.22. The second kappa shape index (κ2) is 8.98. The highest BCUT2D eigenvalue weighted by atomic mass is 16.5. The van der Waals surface area contributed by atoms with E-state index in [-0.39, 0.29) is 0 Å². The van der Waals surface area contributed by atoms with Gasteiger partial charge in [-0.3, -0.25) is 0 Å². The van der Waals surface area contributed by atoms with Crippen molar-refractivity contribution in [3.05, 3.63) is 54.1 Å². The fourth-order valence-electron chi connectivity index (χ4n) is 2.13. The molecule has 0 heterocycles. The van der Waals surface area contributed by atoms with Gasteiger partial charge in [0, 0.05) is 0 Å². The van der Waals surface area contributed by atoms with Crippen LogP contribution in [0.3, 0.4) is 0 Å². The third-order valence-corrected chi connectivity index (χ3v) is 3.20. The molecule has 118 valence electrons. The third-order valence-electron chi connectivity index (χ3n) is 3.20. The van der Waals surface area contributed by atoms with E-state index >= 15 is 0 Å². The minimum atomic E-state index is 0.644. The zero-order chi connectivity index (χ0) is 15.6. The Morgan fingerprint density at radius 1 is 0.773 bits per heavy atom. The Morgan fingerprint density at radius 3 is 2.14 bits per heavy atom. The van der Waals surface area contributed by atoms with Crippen molar-refractivity contribution < 1.29 is 14.2 Å². The molecule has 0 aliphatic rings. The first-order valence-electron chi connectivity index (χ1n) is 7.83. The van der Waals surface area contributed by atoms with Crippen LogP contribution in [0.5, 0.6) is 17.2 Å². The summed E-state index contributed by atoms with van der Waals surface area (Å²) in [6.45, 7) is 6.06. The van der Waals surface area contributed by atoms with Gasteiger partial charge in [0.1, 0.15) is 5.75 Å². The molecule has 0 aliphatic heterocycles.